The van der Waals surface area contributed by atoms with E-state index in [1.165, 1.54) is 21.9 Å². The van der Waals surface area contributed by atoms with Crippen molar-refractivity contribution in [2.24, 2.45) is 0 Å². The molecule has 1 aromatic carbocycles. The smallest absolute Gasteiger partial charge is 0.214 e. The van der Waals surface area contributed by atoms with E-state index in [1.54, 1.807) is 0 Å². The number of thiol groups is 1. The Hall–Kier alpha value is -1.30. The van der Waals surface area contributed by atoms with E-state index in [0.717, 1.165) is 38.3 Å². The van der Waals surface area contributed by atoms with Gasteiger partial charge in [-0.25, -0.2) is 0 Å². The predicted octanol–water partition coefficient (Wildman–Crippen LogP) is 4.36. The van der Waals surface area contributed by atoms with Crippen molar-refractivity contribution in [2.75, 3.05) is 37.4 Å². The van der Waals surface area contributed by atoms with Crippen LogP contribution in [0.1, 0.15) is 18.4 Å². The summed E-state index contributed by atoms with van der Waals surface area (Å²) in [4.78, 5) is 6.04. The van der Waals surface area contributed by atoms with Gasteiger partial charge in [0.15, 0.2) is 0 Å². The number of hydrogen-bond donors (Lipinski definition) is 1. The summed E-state index contributed by atoms with van der Waals surface area (Å²) in [6.07, 6.45) is 11.2. The molecule has 2 heterocycles. The molecule has 132 valence electrons. The summed E-state index contributed by atoms with van der Waals surface area (Å²) in [5.41, 5.74) is 3.88. The molecule has 0 saturated carbocycles. The predicted molar refractivity (Wildman–Crippen MR) is 111 cm³/mol. The first-order chi connectivity index (χ1) is 12.2. The van der Waals surface area contributed by atoms with Gasteiger partial charge in [0.1, 0.15) is 0 Å². The van der Waals surface area contributed by atoms with Gasteiger partial charge in [-0.2, -0.15) is 12.6 Å². The number of anilines is 1. The van der Waals surface area contributed by atoms with E-state index in [4.69, 9.17) is 4.74 Å². The third-order valence-corrected chi connectivity index (χ3v) is 6.50. The van der Waals surface area contributed by atoms with Crippen LogP contribution < -0.4 is 4.90 Å². The van der Waals surface area contributed by atoms with Gasteiger partial charge in [0, 0.05) is 42.2 Å². The molecule has 2 aliphatic heterocycles. The maximum atomic E-state index is 6.18. The molecule has 0 spiro atoms. The van der Waals surface area contributed by atoms with E-state index < -0.39 is 0 Å². The summed E-state index contributed by atoms with van der Waals surface area (Å²) in [7, 11) is 2.10. The minimum atomic E-state index is -0.346. The molecule has 3 nitrogen and oxygen atoms in total. The molecular weight excluding hydrogens is 348 g/mol. The van der Waals surface area contributed by atoms with Crippen molar-refractivity contribution in [3.63, 3.8) is 0 Å². The molecule has 1 fully saturated rings. The highest BCUT2D eigenvalue weighted by atomic mass is 32.2. The number of thioether (sulfide) groups is 1. The van der Waals surface area contributed by atoms with Gasteiger partial charge in [-0.15, -0.1) is 0 Å². The molecule has 25 heavy (non-hydrogen) atoms. The van der Waals surface area contributed by atoms with Crippen LogP contribution >= 0.6 is 24.4 Å². The minimum absolute atomic E-state index is 0.346. The van der Waals surface area contributed by atoms with Crippen molar-refractivity contribution in [2.45, 2.75) is 17.9 Å². The van der Waals surface area contributed by atoms with E-state index in [9.17, 15) is 0 Å². The lowest BCUT2D eigenvalue weighted by molar-refractivity contribution is 0.0611. The van der Waals surface area contributed by atoms with Crippen LogP contribution in [0.5, 0.6) is 0 Å². The first kappa shape index (κ1) is 17.1. The number of benzene rings is 1. The molecule has 0 bridgehead atoms. The Kier molecular flexibility index (Phi) is 4.89. The van der Waals surface area contributed by atoms with Crippen molar-refractivity contribution in [1.29, 1.82) is 0 Å². The van der Waals surface area contributed by atoms with E-state index in [0.29, 0.717) is 0 Å². The first-order valence-electron chi connectivity index (χ1n) is 8.83. The molecule has 0 radical (unpaired) electrons. The maximum absolute atomic E-state index is 6.18. The van der Waals surface area contributed by atoms with Gasteiger partial charge < -0.3 is 14.5 Å². The Bertz CT molecular complexity index is 726. The summed E-state index contributed by atoms with van der Waals surface area (Å²) in [5.74, 6) is 0.858. The average Bonchev–Trinajstić information content (AvgIpc) is 3.17. The Labute approximate surface area is 159 Å². The summed E-state index contributed by atoms with van der Waals surface area (Å²) < 4.78 is 6.18. The number of ether oxygens (including phenoxy) is 1. The minimum Gasteiger partial charge on any atom is -0.374 e. The van der Waals surface area contributed by atoms with Gasteiger partial charge in [-0.3, -0.25) is 0 Å². The van der Waals surface area contributed by atoms with Crippen molar-refractivity contribution in [3.05, 3.63) is 58.7 Å². The molecule has 4 rings (SSSR count). The zero-order valence-electron chi connectivity index (χ0n) is 14.5. The van der Waals surface area contributed by atoms with Crippen LogP contribution in [-0.4, -0.2) is 42.5 Å². The number of allylic oxidation sites excluding steroid dienone is 3. The highest BCUT2D eigenvalue weighted by Gasteiger charge is 2.48. The van der Waals surface area contributed by atoms with Crippen LogP contribution in [0.4, 0.5) is 5.69 Å². The van der Waals surface area contributed by atoms with Crippen LogP contribution in [0.2, 0.25) is 0 Å². The third-order valence-electron chi connectivity index (χ3n) is 4.94. The van der Waals surface area contributed by atoms with Gasteiger partial charge in [0.05, 0.1) is 6.61 Å². The fraction of sp³-hybridized carbons (Fsp3) is 0.400. The maximum Gasteiger partial charge on any atom is 0.214 e. The summed E-state index contributed by atoms with van der Waals surface area (Å²) >= 11 is 6.14. The second-order valence-corrected chi connectivity index (χ2v) is 8.23. The zero-order valence-corrected chi connectivity index (χ0v) is 16.2. The van der Waals surface area contributed by atoms with E-state index >= 15 is 0 Å². The number of nitrogens with zero attached hydrogens (tertiary/aromatic N) is 2. The second kappa shape index (κ2) is 7.14. The average molecular weight is 373 g/mol. The molecule has 1 unspecified atom stereocenters. The standard InChI is InChI=1S/C20H24N2OS2/c1-21(13-15-24)17-8-6-16(7-9-17)10-11-20-22(12-14-23-20)18-4-2-3-5-19(18)25-20/h3,5-11,24H,2,4,12-15H2,1H3/b11-10+. The largest absolute Gasteiger partial charge is 0.374 e. The Morgan fingerprint density at radius 2 is 2.20 bits per heavy atom. The summed E-state index contributed by atoms with van der Waals surface area (Å²) in [5, 5.41) is -0.346. The fourth-order valence-corrected chi connectivity index (χ4v) is 5.26. The van der Waals surface area contributed by atoms with Crippen molar-refractivity contribution < 1.29 is 4.74 Å². The molecule has 0 amide bonds. The second-order valence-electron chi connectivity index (χ2n) is 6.55. The lowest BCUT2D eigenvalue weighted by atomic mass is 10.1. The van der Waals surface area contributed by atoms with Crippen LogP contribution in [0.3, 0.4) is 0 Å². The summed E-state index contributed by atoms with van der Waals surface area (Å²) in [6, 6.07) is 8.68. The quantitative estimate of drug-likeness (QED) is 0.773. The highest BCUT2D eigenvalue weighted by Crippen LogP contribution is 2.53. The first-order valence-corrected chi connectivity index (χ1v) is 10.3. The molecule has 0 N–H and O–H groups in total. The highest BCUT2D eigenvalue weighted by molar-refractivity contribution is 8.04. The lowest BCUT2D eigenvalue weighted by Crippen LogP contribution is -2.35. The number of hydrogen-bond acceptors (Lipinski definition) is 5. The number of fused-ring (bicyclic) bond motifs is 2. The van der Waals surface area contributed by atoms with Crippen LogP contribution in [0, 0.1) is 0 Å². The van der Waals surface area contributed by atoms with Crippen molar-refractivity contribution in [3.8, 4) is 0 Å². The SMILES string of the molecule is CN(CCS)c1ccc(/C=C/C23OCCN2C2=C(C=CCC2)S3)cc1. The van der Waals surface area contributed by atoms with Gasteiger partial charge in [-0.1, -0.05) is 42.1 Å². The monoisotopic (exact) mass is 372 g/mol. The topological polar surface area (TPSA) is 15.7 Å². The van der Waals surface area contributed by atoms with E-state index in [2.05, 4.69) is 78.0 Å². The van der Waals surface area contributed by atoms with Crippen molar-refractivity contribution >= 4 is 36.2 Å². The van der Waals surface area contributed by atoms with E-state index in [-0.39, 0.29) is 5.06 Å². The fourth-order valence-electron chi connectivity index (χ4n) is 3.57. The normalized spacial score (nSPS) is 25.0. The lowest BCUT2D eigenvalue weighted by Gasteiger charge is -2.29. The Morgan fingerprint density at radius 3 is 3.00 bits per heavy atom. The molecule has 3 aliphatic rings. The zero-order chi connectivity index (χ0) is 17.3. The molecular formula is C20H24N2OS2. The Morgan fingerprint density at radius 1 is 1.36 bits per heavy atom. The molecule has 1 atom stereocenters. The number of rotatable bonds is 5. The molecule has 1 aliphatic carbocycles. The summed E-state index contributed by atoms with van der Waals surface area (Å²) in [6.45, 7) is 2.73. The van der Waals surface area contributed by atoms with Crippen molar-refractivity contribution in [1.82, 2.24) is 4.90 Å². The van der Waals surface area contributed by atoms with Gasteiger partial charge in [-0.05, 0) is 36.6 Å². The van der Waals surface area contributed by atoms with Gasteiger partial charge in [0.2, 0.25) is 5.06 Å². The molecule has 5 heteroatoms. The Balaban J connectivity index is 1.51. The molecule has 1 aromatic rings. The third kappa shape index (κ3) is 3.25. The van der Waals surface area contributed by atoms with Crippen LogP contribution in [-0.2, 0) is 4.74 Å². The molecule has 0 aromatic heterocycles. The van der Waals surface area contributed by atoms with E-state index in [1.807, 2.05) is 11.8 Å². The molecule has 1 saturated heterocycles. The van der Waals surface area contributed by atoms with Gasteiger partial charge >= 0.3 is 0 Å². The van der Waals surface area contributed by atoms with Crippen LogP contribution in [0.15, 0.2) is 53.1 Å². The van der Waals surface area contributed by atoms with Gasteiger partial charge in [0.25, 0.3) is 0 Å². The van der Waals surface area contributed by atoms with Crippen LogP contribution in [0.25, 0.3) is 6.08 Å².